The lowest BCUT2D eigenvalue weighted by molar-refractivity contribution is -0.129. The molecule has 2 aromatic heterocycles. The van der Waals surface area contributed by atoms with E-state index in [0.29, 0.717) is 41.8 Å². The third-order valence-corrected chi connectivity index (χ3v) is 8.87. The molecule has 1 fully saturated rings. The molecule has 0 unspecified atom stereocenters. The first kappa shape index (κ1) is 27.3. The third kappa shape index (κ3) is 5.40. The first-order valence-electron chi connectivity index (χ1n) is 14.3. The van der Waals surface area contributed by atoms with Gasteiger partial charge in [0.15, 0.2) is 0 Å². The molecule has 4 aromatic rings. The fraction of sp³-hybridized carbons (Fsp3) is 0.375. The molecule has 2 amide bonds. The summed E-state index contributed by atoms with van der Waals surface area (Å²) in [5.74, 6) is 0.291. The summed E-state index contributed by atoms with van der Waals surface area (Å²) in [5.41, 5.74) is 6.14. The topological polar surface area (TPSA) is 89.2 Å². The highest BCUT2D eigenvalue weighted by Crippen LogP contribution is 2.29. The van der Waals surface area contributed by atoms with Gasteiger partial charge in [0.25, 0.3) is 5.91 Å². The number of aryl methyl sites for hydroxylation is 1. The van der Waals surface area contributed by atoms with Gasteiger partial charge in [-0.2, -0.15) is 0 Å². The van der Waals surface area contributed by atoms with E-state index in [4.69, 9.17) is 11.6 Å². The van der Waals surface area contributed by atoms with E-state index in [0.717, 1.165) is 54.4 Å². The minimum absolute atomic E-state index is 0.0355. The zero-order chi connectivity index (χ0) is 28.7. The minimum Gasteiger partial charge on any atom is -0.349 e. The van der Waals surface area contributed by atoms with Crippen LogP contribution in [0.3, 0.4) is 0 Å². The van der Waals surface area contributed by atoms with E-state index in [1.165, 1.54) is 5.56 Å². The van der Waals surface area contributed by atoms with Crippen molar-refractivity contribution in [3.05, 3.63) is 92.6 Å². The number of aromatic nitrogens is 3. The predicted molar refractivity (Wildman–Crippen MR) is 160 cm³/mol. The number of carbonyl (C=O) groups excluding carboxylic acids is 2. The van der Waals surface area contributed by atoms with Crippen LogP contribution in [0.2, 0.25) is 5.02 Å². The Morgan fingerprint density at radius 3 is 2.54 bits per heavy atom. The van der Waals surface area contributed by atoms with Crippen molar-refractivity contribution in [2.75, 3.05) is 6.54 Å². The number of benzene rings is 2. The Morgan fingerprint density at radius 1 is 1.02 bits per heavy atom. The fourth-order valence-electron chi connectivity index (χ4n) is 6.33. The summed E-state index contributed by atoms with van der Waals surface area (Å²) < 4.78 is 3.73. The molecule has 0 atom stereocenters. The van der Waals surface area contributed by atoms with E-state index in [2.05, 4.69) is 22.4 Å². The standard InChI is InChI=1S/C32H34ClN5O3/c1-20-28(16-25(33)17-34-20)31(40)35-26-10-7-22(8-11-26)18-37-29-5-3-4-6-30(29)38(32(37)41)27-12-9-24-19-36(21(2)39)14-13-23(24)15-27/h3-6,9,12,15-17,22,26H,7-8,10-11,13-14,18-19H2,1-2H3,(H,35,40). The van der Waals surface area contributed by atoms with Crippen LogP contribution in [0.1, 0.15) is 59.8 Å². The Hall–Kier alpha value is -3.91. The summed E-state index contributed by atoms with van der Waals surface area (Å²) in [6.45, 7) is 5.36. The summed E-state index contributed by atoms with van der Waals surface area (Å²) in [5, 5.41) is 3.60. The molecule has 2 aliphatic rings. The first-order valence-corrected chi connectivity index (χ1v) is 14.7. The van der Waals surface area contributed by atoms with Gasteiger partial charge in [0.2, 0.25) is 5.91 Å². The van der Waals surface area contributed by atoms with Crippen molar-refractivity contribution in [3.63, 3.8) is 0 Å². The van der Waals surface area contributed by atoms with Crippen LogP contribution in [-0.2, 0) is 24.3 Å². The van der Waals surface area contributed by atoms with Crippen LogP contribution in [0.15, 0.2) is 59.5 Å². The second kappa shape index (κ2) is 11.2. The van der Waals surface area contributed by atoms with Crippen molar-refractivity contribution in [1.29, 1.82) is 0 Å². The van der Waals surface area contributed by atoms with Crippen LogP contribution >= 0.6 is 11.6 Å². The number of nitrogens with one attached hydrogen (secondary N) is 1. The Morgan fingerprint density at radius 2 is 1.78 bits per heavy atom. The molecule has 8 nitrogen and oxygen atoms in total. The van der Waals surface area contributed by atoms with Gasteiger partial charge in [-0.05, 0) is 86.4 Å². The number of imidazole rings is 1. The average molecular weight is 572 g/mol. The molecule has 3 heterocycles. The summed E-state index contributed by atoms with van der Waals surface area (Å²) in [6, 6.07) is 15.9. The van der Waals surface area contributed by atoms with Crippen LogP contribution < -0.4 is 11.0 Å². The molecule has 212 valence electrons. The lowest BCUT2D eigenvalue weighted by atomic mass is 9.85. The maximum Gasteiger partial charge on any atom is 0.333 e. The monoisotopic (exact) mass is 571 g/mol. The average Bonchev–Trinajstić information content (AvgIpc) is 3.25. The molecule has 0 bridgehead atoms. The van der Waals surface area contributed by atoms with Crippen LogP contribution in [0.5, 0.6) is 0 Å². The second-order valence-corrected chi connectivity index (χ2v) is 11.8. The largest absolute Gasteiger partial charge is 0.349 e. The van der Waals surface area contributed by atoms with Crippen molar-refractivity contribution in [2.24, 2.45) is 5.92 Å². The molecule has 0 radical (unpaired) electrons. The number of carbonyl (C=O) groups is 2. The van der Waals surface area contributed by atoms with Gasteiger partial charge in [-0.15, -0.1) is 0 Å². The van der Waals surface area contributed by atoms with Gasteiger partial charge < -0.3 is 10.2 Å². The molecule has 1 aliphatic heterocycles. The zero-order valence-electron chi connectivity index (χ0n) is 23.4. The number of fused-ring (bicyclic) bond motifs is 2. The van der Waals surface area contributed by atoms with E-state index in [9.17, 15) is 14.4 Å². The van der Waals surface area contributed by atoms with Crippen molar-refractivity contribution in [3.8, 4) is 5.69 Å². The SMILES string of the molecule is CC(=O)N1CCc2cc(-n3c(=O)n(CC4CCC(NC(=O)c5cc(Cl)cnc5C)CC4)c4ccccc43)ccc2C1. The summed E-state index contributed by atoms with van der Waals surface area (Å²) in [6.07, 6.45) is 5.90. The molecule has 1 aliphatic carbocycles. The lowest BCUT2D eigenvalue weighted by Gasteiger charge is -2.29. The second-order valence-electron chi connectivity index (χ2n) is 11.3. The molecule has 0 spiro atoms. The molecule has 1 N–H and O–H groups in total. The number of halogens is 1. The van der Waals surface area contributed by atoms with Gasteiger partial charge in [0.1, 0.15) is 0 Å². The quantitative estimate of drug-likeness (QED) is 0.363. The number of rotatable bonds is 5. The zero-order valence-corrected chi connectivity index (χ0v) is 24.2. The summed E-state index contributed by atoms with van der Waals surface area (Å²) in [7, 11) is 0. The lowest BCUT2D eigenvalue weighted by Crippen LogP contribution is -2.39. The number of pyridine rings is 1. The van der Waals surface area contributed by atoms with Gasteiger partial charge in [-0.1, -0.05) is 29.8 Å². The fourth-order valence-corrected chi connectivity index (χ4v) is 6.49. The van der Waals surface area contributed by atoms with Crippen molar-refractivity contribution in [1.82, 2.24) is 24.3 Å². The van der Waals surface area contributed by atoms with Crippen molar-refractivity contribution < 1.29 is 9.59 Å². The van der Waals surface area contributed by atoms with Gasteiger partial charge >= 0.3 is 5.69 Å². The van der Waals surface area contributed by atoms with Crippen LogP contribution in [0.4, 0.5) is 0 Å². The van der Waals surface area contributed by atoms with Gasteiger partial charge in [0, 0.05) is 38.8 Å². The minimum atomic E-state index is -0.140. The Kier molecular flexibility index (Phi) is 7.43. The maximum absolute atomic E-state index is 13.9. The summed E-state index contributed by atoms with van der Waals surface area (Å²) >= 11 is 6.06. The molecule has 2 aromatic carbocycles. The van der Waals surface area contributed by atoms with Gasteiger partial charge in [0.05, 0.1) is 33.0 Å². The highest BCUT2D eigenvalue weighted by atomic mass is 35.5. The Balaban J connectivity index is 1.19. The predicted octanol–water partition coefficient (Wildman–Crippen LogP) is 5.04. The highest BCUT2D eigenvalue weighted by Gasteiger charge is 2.26. The van der Waals surface area contributed by atoms with E-state index >= 15 is 0 Å². The number of hydrogen-bond donors (Lipinski definition) is 1. The van der Waals surface area contributed by atoms with Crippen LogP contribution in [0, 0.1) is 12.8 Å². The molecule has 9 heteroatoms. The van der Waals surface area contributed by atoms with Crippen molar-refractivity contribution >= 4 is 34.4 Å². The number of nitrogens with zero attached hydrogens (tertiary/aromatic N) is 4. The van der Waals surface area contributed by atoms with E-state index < -0.39 is 0 Å². The molecule has 41 heavy (non-hydrogen) atoms. The molecular weight excluding hydrogens is 538 g/mol. The van der Waals surface area contributed by atoms with Gasteiger partial charge in [-0.3, -0.25) is 23.7 Å². The number of amides is 2. The van der Waals surface area contributed by atoms with Gasteiger partial charge in [-0.25, -0.2) is 4.79 Å². The van der Waals surface area contributed by atoms with E-state index in [-0.39, 0.29) is 23.5 Å². The van der Waals surface area contributed by atoms with Crippen LogP contribution in [0.25, 0.3) is 16.7 Å². The number of para-hydroxylation sites is 2. The summed E-state index contributed by atoms with van der Waals surface area (Å²) in [4.78, 5) is 44.7. The molecule has 6 rings (SSSR count). The van der Waals surface area contributed by atoms with E-state index in [1.54, 1.807) is 19.2 Å². The highest BCUT2D eigenvalue weighted by molar-refractivity contribution is 6.30. The van der Waals surface area contributed by atoms with Crippen LogP contribution in [-0.4, -0.2) is 43.4 Å². The molecule has 1 saturated carbocycles. The van der Waals surface area contributed by atoms with Crippen molar-refractivity contribution in [2.45, 2.75) is 65.1 Å². The Bertz CT molecular complexity index is 1700. The molecule has 0 saturated heterocycles. The first-order chi connectivity index (χ1) is 19.8. The maximum atomic E-state index is 13.9. The molecular formula is C32H34ClN5O3. The number of hydrogen-bond acceptors (Lipinski definition) is 4. The normalized spacial score (nSPS) is 18.8. The van der Waals surface area contributed by atoms with E-state index in [1.807, 2.05) is 51.3 Å². The Labute approximate surface area is 243 Å². The third-order valence-electron chi connectivity index (χ3n) is 8.66. The smallest absolute Gasteiger partial charge is 0.333 e.